The number of rotatable bonds is 4. The average molecular weight is 731 g/mol. The van der Waals surface area contributed by atoms with Gasteiger partial charge in [-0.2, -0.15) is 0 Å². The van der Waals surface area contributed by atoms with Crippen LogP contribution in [-0.4, -0.2) is 19.5 Å². The van der Waals surface area contributed by atoms with Crippen molar-refractivity contribution in [2.24, 2.45) is 0 Å². The van der Waals surface area contributed by atoms with E-state index in [0.717, 1.165) is 55.3 Å². The van der Waals surface area contributed by atoms with E-state index in [1.54, 1.807) is 0 Å². The van der Waals surface area contributed by atoms with E-state index in [9.17, 15) is 0 Å². The molecule has 1 aliphatic rings. The number of hydrogen-bond acceptors (Lipinski definition) is 4. The highest BCUT2D eigenvalue weighted by atomic mass is 16.3. The minimum atomic E-state index is -0.0998. The number of fused-ring (bicyclic) bond motifs is 10. The second-order valence-electron chi connectivity index (χ2n) is 15.6. The molecule has 12 rings (SSSR count). The van der Waals surface area contributed by atoms with Crippen molar-refractivity contribution in [3.8, 4) is 51.0 Å². The summed E-state index contributed by atoms with van der Waals surface area (Å²) < 4.78 is 9.05. The Hall–Kier alpha value is -7.37. The molecule has 5 nitrogen and oxygen atoms in total. The first kappa shape index (κ1) is 31.9. The lowest BCUT2D eigenvalue weighted by molar-refractivity contribution is 0.660. The van der Waals surface area contributed by atoms with Crippen molar-refractivity contribution in [1.82, 2.24) is 19.5 Å². The first-order valence-corrected chi connectivity index (χ1v) is 19.4. The van der Waals surface area contributed by atoms with Crippen LogP contribution in [0.5, 0.6) is 0 Å². The number of aromatic nitrogens is 4. The summed E-state index contributed by atoms with van der Waals surface area (Å²) in [6.07, 6.45) is 0. The molecule has 0 saturated carbocycles. The zero-order valence-electron chi connectivity index (χ0n) is 31.4. The second kappa shape index (κ2) is 11.8. The van der Waals surface area contributed by atoms with Crippen molar-refractivity contribution in [2.45, 2.75) is 19.3 Å². The van der Waals surface area contributed by atoms with E-state index in [2.05, 4.69) is 158 Å². The lowest BCUT2D eigenvalue weighted by atomic mass is 9.82. The van der Waals surface area contributed by atoms with Crippen LogP contribution in [0.4, 0.5) is 0 Å². The fourth-order valence-corrected chi connectivity index (χ4v) is 9.28. The summed E-state index contributed by atoms with van der Waals surface area (Å²) in [5.74, 6) is 1.83. The van der Waals surface area contributed by atoms with E-state index >= 15 is 0 Å². The zero-order chi connectivity index (χ0) is 37.8. The maximum Gasteiger partial charge on any atom is 0.164 e. The van der Waals surface area contributed by atoms with Crippen molar-refractivity contribution >= 4 is 54.5 Å². The van der Waals surface area contributed by atoms with Gasteiger partial charge in [-0.15, -0.1) is 0 Å². The molecular weight excluding hydrogens is 697 g/mol. The van der Waals surface area contributed by atoms with Crippen molar-refractivity contribution in [3.05, 3.63) is 181 Å². The molecule has 0 amide bonds. The molecule has 0 spiro atoms. The van der Waals surface area contributed by atoms with Gasteiger partial charge in [-0.1, -0.05) is 141 Å². The van der Waals surface area contributed by atoms with E-state index in [-0.39, 0.29) is 5.41 Å². The zero-order valence-corrected chi connectivity index (χ0v) is 31.4. The topological polar surface area (TPSA) is 56.7 Å². The van der Waals surface area contributed by atoms with Crippen LogP contribution in [0.2, 0.25) is 0 Å². The third-order valence-corrected chi connectivity index (χ3v) is 12.0. The molecule has 57 heavy (non-hydrogen) atoms. The van der Waals surface area contributed by atoms with Gasteiger partial charge in [0, 0.05) is 49.7 Å². The van der Waals surface area contributed by atoms with Crippen LogP contribution in [-0.2, 0) is 5.41 Å². The van der Waals surface area contributed by atoms with Gasteiger partial charge in [0.15, 0.2) is 17.5 Å². The molecule has 0 unspecified atom stereocenters. The molecule has 3 heterocycles. The van der Waals surface area contributed by atoms with Crippen molar-refractivity contribution < 1.29 is 4.42 Å². The maximum atomic E-state index is 6.70. The van der Waals surface area contributed by atoms with Crippen molar-refractivity contribution in [1.29, 1.82) is 0 Å². The van der Waals surface area contributed by atoms with E-state index < -0.39 is 0 Å². The molecule has 0 atom stereocenters. The molecule has 0 aliphatic heterocycles. The van der Waals surface area contributed by atoms with Gasteiger partial charge < -0.3 is 8.98 Å². The van der Waals surface area contributed by atoms with Gasteiger partial charge in [0.1, 0.15) is 11.2 Å². The van der Waals surface area contributed by atoms with Gasteiger partial charge in [0.05, 0.1) is 16.7 Å². The van der Waals surface area contributed by atoms with Crippen LogP contribution >= 0.6 is 0 Å². The second-order valence-corrected chi connectivity index (χ2v) is 15.6. The average Bonchev–Trinajstić information content (AvgIpc) is 3.87. The lowest BCUT2D eigenvalue weighted by Crippen LogP contribution is -2.14. The summed E-state index contributed by atoms with van der Waals surface area (Å²) >= 11 is 0. The highest BCUT2D eigenvalue weighted by molar-refractivity contribution is 6.15. The monoisotopic (exact) mass is 730 g/mol. The third kappa shape index (κ3) is 4.72. The van der Waals surface area contributed by atoms with Gasteiger partial charge in [-0.05, 0) is 69.4 Å². The van der Waals surface area contributed by atoms with Crippen LogP contribution in [0.1, 0.15) is 25.0 Å². The fourth-order valence-electron chi connectivity index (χ4n) is 9.28. The SMILES string of the molecule is CC1(C)c2ccccc2-c2cc(-c3nc(-c4ccccc4)nc(-c4cc(-n5c6ccccc6c6cc7ccccc7cc65)cc5oc6ccccc6c45)n3)ccc21. The Kier molecular flexibility index (Phi) is 6.62. The molecule has 8 aromatic carbocycles. The van der Waals surface area contributed by atoms with Crippen LogP contribution in [0, 0.1) is 0 Å². The predicted molar refractivity (Wildman–Crippen MR) is 233 cm³/mol. The Morgan fingerprint density at radius 2 is 1.11 bits per heavy atom. The quantitative estimate of drug-likeness (QED) is 0.181. The fraction of sp³-hybridized carbons (Fsp3) is 0.0577. The maximum absolute atomic E-state index is 6.70. The Morgan fingerprint density at radius 1 is 0.439 bits per heavy atom. The van der Waals surface area contributed by atoms with E-state index in [1.807, 2.05) is 30.3 Å². The number of para-hydroxylation sites is 2. The molecule has 1 aliphatic carbocycles. The van der Waals surface area contributed by atoms with Gasteiger partial charge in [0.2, 0.25) is 0 Å². The predicted octanol–water partition coefficient (Wildman–Crippen LogP) is 13.3. The van der Waals surface area contributed by atoms with Gasteiger partial charge in [-0.25, -0.2) is 15.0 Å². The number of nitrogens with zero attached hydrogens (tertiary/aromatic N) is 4. The third-order valence-electron chi connectivity index (χ3n) is 12.0. The minimum absolute atomic E-state index is 0.0998. The van der Waals surface area contributed by atoms with Crippen LogP contribution in [0.15, 0.2) is 174 Å². The normalized spacial score (nSPS) is 13.2. The molecule has 0 radical (unpaired) electrons. The van der Waals surface area contributed by atoms with E-state index in [4.69, 9.17) is 19.4 Å². The molecule has 268 valence electrons. The Labute approximate surface area is 328 Å². The molecule has 0 N–H and O–H groups in total. The molecule has 0 saturated heterocycles. The summed E-state index contributed by atoms with van der Waals surface area (Å²) in [5.41, 5.74) is 12.6. The van der Waals surface area contributed by atoms with Gasteiger partial charge in [-0.3, -0.25) is 0 Å². The summed E-state index contributed by atoms with van der Waals surface area (Å²) in [4.78, 5) is 15.8. The molecule has 11 aromatic rings. The Bertz CT molecular complexity index is 3450. The number of hydrogen-bond donors (Lipinski definition) is 0. The largest absolute Gasteiger partial charge is 0.456 e. The summed E-state index contributed by atoms with van der Waals surface area (Å²) in [6, 6.07) is 60.1. The first-order chi connectivity index (χ1) is 28.0. The number of furan rings is 1. The highest BCUT2D eigenvalue weighted by Crippen LogP contribution is 2.49. The van der Waals surface area contributed by atoms with Gasteiger partial charge in [0.25, 0.3) is 0 Å². The van der Waals surface area contributed by atoms with Gasteiger partial charge >= 0.3 is 0 Å². The smallest absolute Gasteiger partial charge is 0.164 e. The first-order valence-electron chi connectivity index (χ1n) is 19.4. The van der Waals surface area contributed by atoms with Crippen molar-refractivity contribution in [2.75, 3.05) is 0 Å². The molecule has 3 aromatic heterocycles. The molecule has 0 bridgehead atoms. The summed E-state index contributed by atoms with van der Waals surface area (Å²) in [5, 5.41) is 6.79. The standard InChI is InChI=1S/C52H34N4O/c1-52(2)42-21-11-8-18-36(42)39-27-34(24-25-43(39)52)50-53-49(31-14-4-3-5-15-31)54-51(55-50)41-29-35(30-47-48(41)38-20-10-13-23-46(38)57-47)56-44-22-12-9-19-37(44)40-26-32-16-6-7-17-33(32)28-45(40)56/h3-30H,1-2H3. The summed E-state index contributed by atoms with van der Waals surface area (Å²) in [6.45, 7) is 4.61. The summed E-state index contributed by atoms with van der Waals surface area (Å²) in [7, 11) is 0. The molecular formula is C52H34N4O. The van der Waals surface area contributed by atoms with Crippen LogP contribution in [0.3, 0.4) is 0 Å². The van der Waals surface area contributed by atoms with E-state index in [1.165, 1.54) is 43.8 Å². The Balaban J connectivity index is 1.15. The molecule has 0 fully saturated rings. The molecule has 5 heteroatoms. The lowest BCUT2D eigenvalue weighted by Gasteiger charge is -2.21. The minimum Gasteiger partial charge on any atom is -0.456 e. The van der Waals surface area contributed by atoms with E-state index in [0.29, 0.717) is 17.5 Å². The van der Waals surface area contributed by atoms with Crippen molar-refractivity contribution in [3.63, 3.8) is 0 Å². The van der Waals surface area contributed by atoms with Crippen LogP contribution in [0.25, 0.3) is 105 Å². The Morgan fingerprint density at radius 3 is 1.96 bits per heavy atom. The van der Waals surface area contributed by atoms with Crippen LogP contribution < -0.4 is 0 Å². The number of benzene rings is 8. The highest BCUT2D eigenvalue weighted by Gasteiger charge is 2.35.